The van der Waals surface area contributed by atoms with E-state index in [2.05, 4.69) is 44.8 Å². The van der Waals surface area contributed by atoms with E-state index in [0.29, 0.717) is 45.2 Å². The molecular weight excluding hydrogens is 827 g/mol. The summed E-state index contributed by atoms with van der Waals surface area (Å²) in [4.78, 5) is 44.6. The normalized spacial score (nSPS) is 16.7. The molecule has 2 aliphatic heterocycles. The lowest BCUT2D eigenvalue weighted by Crippen LogP contribution is -2.64. The van der Waals surface area contributed by atoms with Crippen molar-refractivity contribution in [3.8, 4) is 0 Å². The molecule has 2 heterocycles. The first-order valence-corrected chi connectivity index (χ1v) is 28.5. The highest BCUT2D eigenvalue weighted by molar-refractivity contribution is 5.77. The summed E-state index contributed by atoms with van der Waals surface area (Å²) in [5.74, 6) is -1.02. The summed E-state index contributed by atoms with van der Waals surface area (Å²) >= 11 is 0. The van der Waals surface area contributed by atoms with Crippen LogP contribution in [-0.4, -0.2) is 118 Å². The number of hydrogen-bond donors (Lipinski definition) is 0. The van der Waals surface area contributed by atoms with Crippen LogP contribution in [0.2, 0.25) is 0 Å². The molecule has 66 heavy (non-hydrogen) atoms. The smallest absolute Gasteiger partial charge is 0.305 e. The second-order valence-corrected chi connectivity index (χ2v) is 20.8. The number of likely N-dealkylation sites (N-methyl/N-ethyl adjacent to an activating group) is 2. The molecule has 0 aromatic rings. The van der Waals surface area contributed by atoms with Crippen LogP contribution in [0, 0.1) is 0 Å². The maximum atomic E-state index is 13.1. The van der Waals surface area contributed by atoms with E-state index in [-0.39, 0.29) is 43.3 Å². The number of esters is 2. The lowest BCUT2D eigenvalue weighted by Gasteiger charge is -2.46. The summed E-state index contributed by atoms with van der Waals surface area (Å²) < 4.78 is 24.4. The van der Waals surface area contributed by atoms with Gasteiger partial charge in [0.2, 0.25) is 11.7 Å². The Labute approximate surface area is 407 Å². The van der Waals surface area contributed by atoms with Crippen LogP contribution in [0.25, 0.3) is 0 Å². The van der Waals surface area contributed by atoms with Crippen molar-refractivity contribution in [2.45, 2.75) is 276 Å². The van der Waals surface area contributed by atoms with Gasteiger partial charge in [-0.1, -0.05) is 206 Å². The SMILES string of the molecule is CCCCCCCCCCCCCCCCCCC(=O)OCCC1OC2(CN(C(=O)CCCN(C)CCN(C)C)C2)OC1CCOC(=O)CCCCCCCCCCCCCCCCCC. The van der Waals surface area contributed by atoms with E-state index >= 15 is 0 Å². The quantitative estimate of drug-likeness (QED) is 0.0436. The Morgan fingerprint density at radius 1 is 0.455 bits per heavy atom. The van der Waals surface area contributed by atoms with Crippen molar-refractivity contribution in [3.63, 3.8) is 0 Å². The van der Waals surface area contributed by atoms with E-state index in [4.69, 9.17) is 18.9 Å². The third-order valence-electron chi connectivity index (χ3n) is 14.0. The van der Waals surface area contributed by atoms with Gasteiger partial charge in [0.05, 0.1) is 38.5 Å². The van der Waals surface area contributed by atoms with Crippen molar-refractivity contribution >= 4 is 17.8 Å². The van der Waals surface area contributed by atoms with E-state index < -0.39 is 5.79 Å². The molecule has 0 N–H and O–H groups in total. The average Bonchev–Trinajstić information content (AvgIpc) is 3.66. The molecule has 0 aliphatic carbocycles. The predicted octanol–water partition coefficient (Wildman–Crippen LogP) is 13.8. The molecule has 2 fully saturated rings. The van der Waals surface area contributed by atoms with Crippen LogP contribution in [0.5, 0.6) is 0 Å². The van der Waals surface area contributed by atoms with Gasteiger partial charge in [-0.05, 0) is 47.0 Å². The van der Waals surface area contributed by atoms with Crippen molar-refractivity contribution in [1.82, 2.24) is 14.7 Å². The first-order chi connectivity index (χ1) is 32.2. The van der Waals surface area contributed by atoms with E-state index in [0.717, 1.165) is 51.7 Å². The first kappa shape index (κ1) is 60.4. The Morgan fingerprint density at radius 3 is 1.12 bits per heavy atom. The van der Waals surface area contributed by atoms with E-state index in [9.17, 15) is 14.4 Å². The van der Waals surface area contributed by atoms with Gasteiger partial charge in [-0.25, -0.2) is 0 Å². The largest absolute Gasteiger partial charge is 0.466 e. The lowest BCUT2D eigenvalue weighted by atomic mass is 10.0. The molecule has 0 aromatic heterocycles. The molecule has 388 valence electrons. The zero-order valence-corrected chi connectivity index (χ0v) is 44.2. The van der Waals surface area contributed by atoms with Gasteiger partial charge in [0, 0.05) is 45.2 Å². The van der Waals surface area contributed by atoms with Gasteiger partial charge in [-0.15, -0.1) is 0 Å². The molecule has 2 rings (SSSR count). The van der Waals surface area contributed by atoms with Crippen LogP contribution in [0.1, 0.15) is 258 Å². The van der Waals surface area contributed by atoms with Crippen molar-refractivity contribution in [3.05, 3.63) is 0 Å². The van der Waals surface area contributed by atoms with E-state index in [1.165, 1.54) is 180 Å². The fourth-order valence-corrected chi connectivity index (χ4v) is 9.58. The maximum absolute atomic E-state index is 13.1. The molecule has 2 aliphatic rings. The van der Waals surface area contributed by atoms with Gasteiger partial charge in [0.15, 0.2) is 0 Å². The summed E-state index contributed by atoms with van der Waals surface area (Å²) in [6.07, 6.45) is 44.4. The highest BCUT2D eigenvalue weighted by Gasteiger charge is 2.56. The monoisotopic (exact) mass is 934 g/mol. The number of unbranched alkanes of at least 4 members (excludes halogenated alkanes) is 30. The lowest BCUT2D eigenvalue weighted by molar-refractivity contribution is -0.249. The minimum Gasteiger partial charge on any atom is -0.466 e. The van der Waals surface area contributed by atoms with Crippen LogP contribution in [0.15, 0.2) is 0 Å². The third kappa shape index (κ3) is 32.1. The topological polar surface area (TPSA) is 97.9 Å². The van der Waals surface area contributed by atoms with Crippen LogP contribution in [0.3, 0.4) is 0 Å². The molecule has 0 saturated carbocycles. The van der Waals surface area contributed by atoms with Crippen LogP contribution >= 0.6 is 0 Å². The Morgan fingerprint density at radius 2 is 0.788 bits per heavy atom. The highest BCUT2D eigenvalue weighted by atomic mass is 16.8. The number of amides is 1. The molecule has 0 radical (unpaired) electrons. The molecule has 1 spiro atoms. The number of carbonyl (C=O) groups is 3. The molecule has 1 amide bonds. The van der Waals surface area contributed by atoms with Crippen molar-refractivity contribution in [2.75, 3.05) is 67.1 Å². The molecule has 10 heteroatoms. The summed E-state index contributed by atoms with van der Waals surface area (Å²) in [5.41, 5.74) is 0. The Hall–Kier alpha value is -1.75. The van der Waals surface area contributed by atoms with Crippen molar-refractivity contribution in [2.24, 2.45) is 0 Å². The second kappa shape index (κ2) is 41.1. The van der Waals surface area contributed by atoms with Gasteiger partial charge in [0.1, 0.15) is 0 Å². The van der Waals surface area contributed by atoms with Crippen molar-refractivity contribution in [1.29, 1.82) is 0 Å². The molecular formula is C56H107N3O7. The summed E-state index contributed by atoms with van der Waals surface area (Å²) in [7, 11) is 6.25. The molecule has 0 aromatic carbocycles. The van der Waals surface area contributed by atoms with Gasteiger partial charge in [-0.3, -0.25) is 14.4 Å². The molecule has 2 unspecified atom stereocenters. The van der Waals surface area contributed by atoms with Gasteiger partial charge in [-0.2, -0.15) is 0 Å². The van der Waals surface area contributed by atoms with Gasteiger partial charge < -0.3 is 33.6 Å². The van der Waals surface area contributed by atoms with Gasteiger partial charge in [0.25, 0.3) is 0 Å². The highest BCUT2D eigenvalue weighted by Crippen LogP contribution is 2.39. The maximum Gasteiger partial charge on any atom is 0.305 e. The fraction of sp³-hybridized carbons (Fsp3) is 0.946. The minimum atomic E-state index is -0.845. The summed E-state index contributed by atoms with van der Waals surface area (Å²) in [6.45, 7) is 8.73. The zero-order chi connectivity index (χ0) is 47.8. The summed E-state index contributed by atoms with van der Waals surface area (Å²) in [6, 6.07) is 0. The number of likely N-dealkylation sites (tertiary alicyclic amines) is 1. The standard InChI is InChI=1S/C56H107N3O7/c1-6-8-10-12-14-16-18-20-22-24-26-28-30-32-34-36-40-54(61)63-47-42-51-52(66-56(65-51)49-59(50-56)53(60)39-38-44-58(5)46-45-57(3)4)43-48-64-55(62)41-37-35-33-31-29-27-25-23-21-19-17-15-13-11-9-7-2/h51-52H,6-50H2,1-5H3. The minimum absolute atomic E-state index is 0.125. The predicted molar refractivity (Wildman–Crippen MR) is 274 cm³/mol. The molecule has 0 bridgehead atoms. The van der Waals surface area contributed by atoms with Crippen LogP contribution < -0.4 is 0 Å². The van der Waals surface area contributed by atoms with E-state index in [1.54, 1.807) is 0 Å². The third-order valence-corrected chi connectivity index (χ3v) is 14.0. The van der Waals surface area contributed by atoms with Gasteiger partial charge >= 0.3 is 11.9 Å². The molecule has 2 saturated heterocycles. The number of carbonyl (C=O) groups excluding carboxylic acids is 3. The number of ether oxygens (including phenoxy) is 4. The molecule has 2 atom stereocenters. The van der Waals surface area contributed by atoms with Crippen LogP contribution in [-0.2, 0) is 33.3 Å². The molecule has 10 nitrogen and oxygen atoms in total. The summed E-state index contributed by atoms with van der Waals surface area (Å²) in [5, 5.41) is 0. The number of hydrogen-bond acceptors (Lipinski definition) is 9. The average molecular weight is 934 g/mol. The fourth-order valence-electron chi connectivity index (χ4n) is 9.58. The first-order valence-electron chi connectivity index (χ1n) is 28.5. The van der Waals surface area contributed by atoms with Crippen LogP contribution in [0.4, 0.5) is 0 Å². The second-order valence-electron chi connectivity index (χ2n) is 20.8. The Balaban J connectivity index is 1.62. The Bertz CT molecular complexity index is 1100. The number of nitrogens with zero attached hydrogens (tertiary/aromatic N) is 3. The number of rotatable bonds is 47. The zero-order valence-electron chi connectivity index (χ0n) is 44.2. The van der Waals surface area contributed by atoms with E-state index in [1.807, 2.05) is 4.90 Å². The van der Waals surface area contributed by atoms with Crippen molar-refractivity contribution < 1.29 is 33.3 Å². The Kier molecular flexibility index (Phi) is 37.6.